The van der Waals surface area contributed by atoms with Crippen molar-refractivity contribution in [2.75, 3.05) is 18.6 Å². The maximum absolute atomic E-state index is 9.56. The van der Waals surface area contributed by atoms with E-state index < -0.39 is 5.72 Å². The number of rotatable bonds is 1. The normalized spacial score (nSPS) is 26.0. The van der Waals surface area contributed by atoms with Gasteiger partial charge in [-0.1, -0.05) is 0 Å². The zero-order valence-electron chi connectivity index (χ0n) is 5.68. The molecule has 1 fully saturated rings. The highest BCUT2D eigenvalue weighted by atomic mass is 32.2. The first-order valence-corrected chi connectivity index (χ1v) is 4.41. The van der Waals surface area contributed by atoms with Crippen molar-refractivity contribution in [1.82, 2.24) is 5.32 Å². The summed E-state index contributed by atoms with van der Waals surface area (Å²) in [6.07, 6.45) is 1.77. The van der Waals surface area contributed by atoms with Crippen molar-refractivity contribution in [3.63, 3.8) is 0 Å². The second-order valence-electron chi connectivity index (χ2n) is 2.39. The lowest BCUT2D eigenvalue weighted by Gasteiger charge is -2.30. The van der Waals surface area contributed by atoms with E-state index in [1.54, 1.807) is 0 Å². The molecular formula is C6H13NOS. The standard InChI is InChI=1S/C6H13NOS/c1-7-6(8)2-4-9-5-3-6/h7-8H,2-5H2,1H3. The topological polar surface area (TPSA) is 32.3 Å². The molecule has 0 amide bonds. The summed E-state index contributed by atoms with van der Waals surface area (Å²) in [5.41, 5.74) is -0.550. The van der Waals surface area contributed by atoms with Gasteiger partial charge in [0.25, 0.3) is 0 Å². The van der Waals surface area contributed by atoms with Crippen LogP contribution in [0.15, 0.2) is 0 Å². The molecule has 0 unspecified atom stereocenters. The van der Waals surface area contributed by atoms with Crippen LogP contribution in [-0.2, 0) is 0 Å². The first kappa shape index (κ1) is 7.38. The average Bonchev–Trinajstić information content (AvgIpc) is 1.90. The van der Waals surface area contributed by atoms with Crippen molar-refractivity contribution < 1.29 is 5.11 Å². The second-order valence-corrected chi connectivity index (χ2v) is 3.62. The Hall–Kier alpha value is 0.270. The number of hydrogen-bond donors (Lipinski definition) is 2. The van der Waals surface area contributed by atoms with Crippen LogP contribution in [0.25, 0.3) is 0 Å². The number of aliphatic hydroxyl groups is 1. The van der Waals surface area contributed by atoms with E-state index in [0.29, 0.717) is 0 Å². The van der Waals surface area contributed by atoms with Gasteiger partial charge in [-0.2, -0.15) is 11.8 Å². The first-order valence-electron chi connectivity index (χ1n) is 3.26. The van der Waals surface area contributed by atoms with Crippen LogP contribution in [0.4, 0.5) is 0 Å². The summed E-state index contributed by atoms with van der Waals surface area (Å²) >= 11 is 1.91. The molecule has 0 aromatic carbocycles. The van der Waals surface area contributed by atoms with Gasteiger partial charge in [0.15, 0.2) is 0 Å². The third-order valence-corrected chi connectivity index (χ3v) is 2.77. The van der Waals surface area contributed by atoms with Gasteiger partial charge >= 0.3 is 0 Å². The van der Waals surface area contributed by atoms with Gasteiger partial charge in [-0.15, -0.1) is 0 Å². The predicted octanol–water partition coefficient (Wildman–Crippen LogP) is 0.421. The SMILES string of the molecule is CNC1(O)CCSCC1. The Morgan fingerprint density at radius 3 is 2.33 bits per heavy atom. The monoisotopic (exact) mass is 147 g/mol. The second kappa shape index (κ2) is 2.90. The van der Waals surface area contributed by atoms with Crippen LogP contribution in [0.2, 0.25) is 0 Å². The summed E-state index contributed by atoms with van der Waals surface area (Å²) in [6, 6.07) is 0. The van der Waals surface area contributed by atoms with Crippen LogP contribution < -0.4 is 5.32 Å². The Morgan fingerprint density at radius 2 is 2.00 bits per heavy atom. The Labute approximate surface area is 60.0 Å². The largest absolute Gasteiger partial charge is 0.376 e. The van der Waals surface area contributed by atoms with Gasteiger partial charge < -0.3 is 5.11 Å². The minimum absolute atomic E-state index is 0.550. The summed E-state index contributed by atoms with van der Waals surface area (Å²) in [4.78, 5) is 0. The van der Waals surface area contributed by atoms with Crippen molar-refractivity contribution in [3.8, 4) is 0 Å². The maximum Gasteiger partial charge on any atom is 0.117 e. The van der Waals surface area contributed by atoms with E-state index in [-0.39, 0.29) is 0 Å². The molecule has 2 nitrogen and oxygen atoms in total. The van der Waals surface area contributed by atoms with E-state index in [4.69, 9.17) is 0 Å². The molecule has 1 aliphatic rings. The zero-order chi connectivity index (χ0) is 6.74. The van der Waals surface area contributed by atoms with Crippen molar-refractivity contribution >= 4 is 11.8 Å². The first-order chi connectivity index (χ1) is 4.27. The van der Waals surface area contributed by atoms with Crippen LogP contribution in [0, 0.1) is 0 Å². The van der Waals surface area contributed by atoms with E-state index in [2.05, 4.69) is 5.32 Å². The fraction of sp³-hybridized carbons (Fsp3) is 1.00. The minimum atomic E-state index is -0.550. The molecule has 54 valence electrons. The molecule has 1 aliphatic heterocycles. The molecule has 0 spiro atoms. The molecule has 0 bridgehead atoms. The number of nitrogens with one attached hydrogen (secondary N) is 1. The molecule has 0 aliphatic carbocycles. The Kier molecular flexibility index (Phi) is 2.38. The van der Waals surface area contributed by atoms with E-state index in [1.165, 1.54) is 0 Å². The quantitative estimate of drug-likeness (QED) is 0.527. The van der Waals surface area contributed by atoms with Crippen LogP contribution in [0.1, 0.15) is 12.8 Å². The maximum atomic E-state index is 9.56. The summed E-state index contributed by atoms with van der Waals surface area (Å²) in [5.74, 6) is 2.16. The third kappa shape index (κ3) is 1.85. The van der Waals surface area contributed by atoms with Crippen molar-refractivity contribution in [1.29, 1.82) is 0 Å². The van der Waals surface area contributed by atoms with Gasteiger partial charge in [0, 0.05) is 0 Å². The van der Waals surface area contributed by atoms with Gasteiger partial charge in [-0.05, 0) is 31.4 Å². The highest BCUT2D eigenvalue weighted by Crippen LogP contribution is 2.23. The fourth-order valence-corrected chi connectivity index (χ4v) is 2.13. The minimum Gasteiger partial charge on any atom is -0.376 e. The van der Waals surface area contributed by atoms with Gasteiger partial charge in [-0.3, -0.25) is 5.32 Å². The molecule has 1 saturated heterocycles. The predicted molar refractivity (Wildman–Crippen MR) is 40.6 cm³/mol. The summed E-state index contributed by atoms with van der Waals surface area (Å²) in [6.45, 7) is 0. The summed E-state index contributed by atoms with van der Waals surface area (Å²) < 4.78 is 0. The van der Waals surface area contributed by atoms with E-state index >= 15 is 0 Å². The summed E-state index contributed by atoms with van der Waals surface area (Å²) in [7, 11) is 1.82. The molecule has 2 N–H and O–H groups in total. The molecule has 0 radical (unpaired) electrons. The molecule has 9 heavy (non-hydrogen) atoms. The van der Waals surface area contributed by atoms with E-state index in [1.807, 2.05) is 18.8 Å². The molecule has 0 aromatic heterocycles. The van der Waals surface area contributed by atoms with Crippen molar-refractivity contribution in [3.05, 3.63) is 0 Å². The fourth-order valence-electron chi connectivity index (χ4n) is 0.959. The Morgan fingerprint density at radius 1 is 1.44 bits per heavy atom. The lowest BCUT2D eigenvalue weighted by atomic mass is 10.1. The Balaban J connectivity index is 2.37. The lowest BCUT2D eigenvalue weighted by Crippen LogP contribution is -2.45. The third-order valence-electron chi connectivity index (χ3n) is 1.79. The van der Waals surface area contributed by atoms with Crippen LogP contribution in [0.3, 0.4) is 0 Å². The van der Waals surface area contributed by atoms with Gasteiger partial charge in [0.1, 0.15) is 5.72 Å². The molecule has 3 heteroatoms. The van der Waals surface area contributed by atoms with Crippen molar-refractivity contribution in [2.45, 2.75) is 18.6 Å². The highest BCUT2D eigenvalue weighted by Gasteiger charge is 2.26. The molecule has 1 rings (SSSR count). The van der Waals surface area contributed by atoms with Gasteiger partial charge in [-0.25, -0.2) is 0 Å². The highest BCUT2D eigenvalue weighted by molar-refractivity contribution is 7.99. The number of thioether (sulfide) groups is 1. The molecule has 0 saturated carbocycles. The average molecular weight is 147 g/mol. The van der Waals surface area contributed by atoms with Gasteiger partial charge in [0.05, 0.1) is 0 Å². The number of hydrogen-bond acceptors (Lipinski definition) is 3. The molecular weight excluding hydrogens is 134 g/mol. The zero-order valence-corrected chi connectivity index (χ0v) is 6.50. The lowest BCUT2D eigenvalue weighted by molar-refractivity contribution is 0.00503. The van der Waals surface area contributed by atoms with Crippen LogP contribution in [-0.4, -0.2) is 29.4 Å². The van der Waals surface area contributed by atoms with Crippen LogP contribution >= 0.6 is 11.8 Å². The van der Waals surface area contributed by atoms with Crippen molar-refractivity contribution in [2.24, 2.45) is 0 Å². The smallest absolute Gasteiger partial charge is 0.117 e. The van der Waals surface area contributed by atoms with Crippen LogP contribution in [0.5, 0.6) is 0 Å². The molecule has 0 aromatic rings. The Bertz CT molecular complexity index is 91.1. The van der Waals surface area contributed by atoms with Gasteiger partial charge in [0.2, 0.25) is 0 Å². The molecule has 1 heterocycles. The summed E-state index contributed by atoms with van der Waals surface area (Å²) in [5, 5.41) is 12.5. The van der Waals surface area contributed by atoms with E-state index in [9.17, 15) is 5.11 Å². The van der Waals surface area contributed by atoms with E-state index in [0.717, 1.165) is 24.3 Å². The molecule has 0 atom stereocenters.